The monoisotopic (exact) mass is 281 g/mol. The van der Waals surface area contributed by atoms with Crippen molar-refractivity contribution in [2.24, 2.45) is 5.73 Å². The van der Waals surface area contributed by atoms with Gasteiger partial charge < -0.3 is 11.1 Å². The first kappa shape index (κ1) is 14.3. The third-order valence-electron chi connectivity index (χ3n) is 3.65. The standard InChI is InChI=1S/C14H20ClN3O/c1-18(12-3-2-6-17-8-12)9-11-5-4-10(14(16)19)7-13(11)15/h4-5,7,12,17H,2-3,6,8-9H2,1H3,(H2,16,19). The highest BCUT2D eigenvalue weighted by molar-refractivity contribution is 6.31. The van der Waals surface area contributed by atoms with Gasteiger partial charge in [-0.3, -0.25) is 9.69 Å². The van der Waals surface area contributed by atoms with Gasteiger partial charge in [-0.1, -0.05) is 17.7 Å². The van der Waals surface area contributed by atoms with Crippen molar-refractivity contribution in [3.63, 3.8) is 0 Å². The second-order valence-corrected chi connectivity index (χ2v) is 5.49. The van der Waals surface area contributed by atoms with Crippen molar-refractivity contribution in [2.45, 2.75) is 25.4 Å². The van der Waals surface area contributed by atoms with E-state index < -0.39 is 5.91 Å². The lowest BCUT2D eigenvalue weighted by Crippen LogP contribution is -2.43. The molecule has 5 heteroatoms. The molecule has 1 aliphatic heterocycles. The van der Waals surface area contributed by atoms with Crippen LogP contribution in [-0.4, -0.2) is 37.0 Å². The summed E-state index contributed by atoms with van der Waals surface area (Å²) in [6.45, 7) is 2.91. The first-order chi connectivity index (χ1) is 9.08. The van der Waals surface area contributed by atoms with Gasteiger partial charge in [0.25, 0.3) is 0 Å². The van der Waals surface area contributed by atoms with Crippen LogP contribution in [-0.2, 0) is 6.54 Å². The number of benzene rings is 1. The Kier molecular flexibility index (Phi) is 4.80. The summed E-state index contributed by atoms with van der Waals surface area (Å²) in [5.74, 6) is -0.446. The molecule has 0 spiro atoms. The van der Waals surface area contributed by atoms with Gasteiger partial charge in [0.2, 0.25) is 5.91 Å². The number of carbonyl (C=O) groups is 1. The number of primary amides is 1. The van der Waals surface area contributed by atoms with Crippen LogP contribution >= 0.6 is 11.6 Å². The molecule has 1 unspecified atom stereocenters. The molecule has 1 heterocycles. The maximum atomic E-state index is 11.1. The van der Waals surface area contributed by atoms with E-state index in [9.17, 15) is 4.79 Å². The van der Waals surface area contributed by atoms with E-state index in [-0.39, 0.29) is 0 Å². The maximum absolute atomic E-state index is 11.1. The van der Waals surface area contributed by atoms with E-state index in [1.165, 1.54) is 12.8 Å². The van der Waals surface area contributed by atoms with Crippen LogP contribution in [0.4, 0.5) is 0 Å². The second kappa shape index (κ2) is 6.37. The van der Waals surface area contributed by atoms with E-state index >= 15 is 0 Å². The minimum Gasteiger partial charge on any atom is -0.366 e. The Bertz CT molecular complexity index is 458. The van der Waals surface area contributed by atoms with Crippen LogP contribution in [0.15, 0.2) is 18.2 Å². The Hall–Kier alpha value is -1.10. The number of nitrogens with zero attached hydrogens (tertiary/aromatic N) is 1. The summed E-state index contributed by atoms with van der Waals surface area (Å²) in [5.41, 5.74) is 6.72. The Labute approximate surface area is 118 Å². The number of hydrogen-bond donors (Lipinski definition) is 2. The minimum absolute atomic E-state index is 0.446. The van der Waals surface area contributed by atoms with Gasteiger partial charge >= 0.3 is 0 Å². The van der Waals surface area contributed by atoms with Crippen molar-refractivity contribution in [1.29, 1.82) is 0 Å². The summed E-state index contributed by atoms with van der Waals surface area (Å²) in [6, 6.07) is 5.80. The van der Waals surface area contributed by atoms with Gasteiger partial charge in [0, 0.05) is 29.7 Å². The van der Waals surface area contributed by atoms with E-state index in [0.717, 1.165) is 25.2 Å². The molecular weight excluding hydrogens is 262 g/mol. The van der Waals surface area contributed by atoms with Crippen LogP contribution in [0.1, 0.15) is 28.8 Å². The smallest absolute Gasteiger partial charge is 0.248 e. The molecule has 0 radical (unpaired) electrons. The molecule has 1 saturated heterocycles. The Morgan fingerprint density at radius 2 is 2.37 bits per heavy atom. The largest absolute Gasteiger partial charge is 0.366 e. The molecular formula is C14H20ClN3O. The molecule has 1 amide bonds. The van der Waals surface area contributed by atoms with Gasteiger partial charge in [-0.2, -0.15) is 0 Å². The van der Waals surface area contributed by atoms with Gasteiger partial charge in [0.05, 0.1) is 0 Å². The molecule has 104 valence electrons. The van der Waals surface area contributed by atoms with Crippen molar-refractivity contribution in [3.05, 3.63) is 34.3 Å². The third-order valence-corrected chi connectivity index (χ3v) is 4.00. The van der Waals surface area contributed by atoms with E-state index in [4.69, 9.17) is 17.3 Å². The number of rotatable bonds is 4. The number of carbonyl (C=O) groups excluding carboxylic acids is 1. The number of likely N-dealkylation sites (N-methyl/N-ethyl adjacent to an activating group) is 1. The number of piperidine rings is 1. The van der Waals surface area contributed by atoms with Crippen LogP contribution < -0.4 is 11.1 Å². The molecule has 1 aromatic carbocycles. The zero-order valence-electron chi connectivity index (χ0n) is 11.2. The van der Waals surface area contributed by atoms with Gasteiger partial charge in [0.1, 0.15) is 0 Å². The molecule has 0 bridgehead atoms. The van der Waals surface area contributed by atoms with Crippen LogP contribution in [0.5, 0.6) is 0 Å². The van der Waals surface area contributed by atoms with Crippen LogP contribution in [0, 0.1) is 0 Å². The molecule has 4 nitrogen and oxygen atoms in total. The zero-order chi connectivity index (χ0) is 13.8. The molecule has 1 aliphatic rings. The number of nitrogens with one attached hydrogen (secondary N) is 1. The topological polar surface area (TPSA) is 58.4 Å². The lowest BCUT2D eigenvalue weighted by atomic mass is 10.0. The average Bonchev–Trinajstić information content (AvgIpc) is 2.41. The first-order valence-corrected chi connectivity index (χ1v) is 6.95. The molecule has 19 heavy (non-hydrogen) atoms. The average molecular weight is 282 g/mol. The predicted octanol–water partition coefficient (Wildman–Crippen LogP) is 1.62. The Morgan fingerprint density at radius 3 is 2.95 bits per heavy atom. The zero-order valence-corrected chi connectivity index (χ0v) is 11.9. The van der Waals surface area contributed by atoms with Crippen molar-refractivity contribution in [3.8, 4) is 0 Å². The van der Waals surface area contributed by atoms with Crippen molar-refractivity contribution in [1.82, 2.24) is 10.2 Å². The predicted molar refractivity (Wildman–Crippen MR) is 77.3 cm³/mol. The molecule has 3 N–H and O–H groups in total. The lowest BCUT2D eigenvalue weighted by molar-refractivity contribution is 0.100. The van der Waals surface area contributed by atoms with Gasteiger partial charge in [-0.15, -0.1) is 0 Å². The SMILES string of the molecule is CN(Cc1ccc(C(N)=O)cc1Cl)C1CCCNC1. The number of halogens is 1. The van der Waals surface area contributed by atoms with E-state index in [0.29, 0.717) is 16.6 Å². The number of nitrogens with two attached hydrogens (primary N) is 1. The normalized spacial score (nSPS) is 19.6. The molecule has 0 saturated carbocycles. The van der Waals surface area contributed by atoms with Crippen molar-refractivity contribution >= 4 is 17.5 Å². The summed E-state index contributed by atoms with van der Waals surface area (Å²) in [6.07, 6.45) is 2.42. The molecule has 1 fully saturated rings. The van der Waals surface area contributed by atoms with E-state index in [2.05, 4.69) is 17.3 Å². The van der Waals surface area contributed by atoms with Crippen molar-refractivity contribution < 1.29 is 4.79 Å². The quantitative estimate of drug-likeness (QED) is 0.882. The summed E-state index contributed by atoms with van der Waals surface area (Å²) < 4.78 is 0. The third kappa shape index (κ3) is 3.69. The molecule has 2 rings (SSSR count). The fourth-order valence-electron chi connectivity index (χ4n) is 2.44. The highest BCUT2D eigenvalue weighted by atomic mass is 35.5. The first-order valence-electron chi connectivity index (χ1n) is 6.57. The van der Waals surface area contributed by atoms with Gasteiger partial charge in [0.15, 0.2) is 0 Å². The van der Waals surface area contributed by atoms with Crippen LogP contribution in [0.3, 0.4) is 0 Å². The summed E-state index contributed by atoms with van der Waals surface area (Å²) >= 11 is 6.21. The molecule has 0 aliphatic carbocycles. The van der Waals surface area contributed by atoms with Crippen LogP contribution in [0.2, 0.25) is 5.02 Å². The lowest BCUT2D eigenvalue weighted by Gasteiger charge is -2.31. The van der Waals surface area contributed by atoms with Gasteiger partial charge in [-0.25, -0.2) is 0 Å². The second-order valence-electron chi connectivity index (χ2n) is 5.09. The van der Waals surface area contributed by atoms with Crippen molar-refractivity contribution in [2.75, 3.05) is 20.1 Å². The molecule has 0 aromatic heterocycles. The Balaban J connectivity index is 2.03. The fourth-order valence-corrected chi connectivity index (χ4v) is 2.68. The minimum atomic E-state index is -0.446. The maximum Gasteiger partial charge on any atom is 0.248 e. The number of hydrogen-bond acceptors (Lipinski definition) is 3. The van der Waals surface area contributed by atoms with E-state index in [1.807, 2.05) is 6.07 Å². The fraction of sp³-hybridized carbons (Fsp3) is 0.500. The molecule has 1 aromatic rings. The summed E-state index contributed by atoms with van der Waals surface area (Å²) in [7, 11) is 2.11. The highest BCUT2D eigenvalue weighted by Gasteiger charge is 2.18. The summed E-state index contributed by atoms with van der Waals surface area (Å²) in [5, 5.41) is 4.01. The highest BCUT2D eigenvalue weighted by Crippen LogP contribution is 2.21. The van der Waals surface area contributed by atoms with Crippen LogP contribution in [0.25, 0.3) is 0 Å². The van der Waals surface area contributed by atoms with E-state index in [1.54, 1.807) is 12.1 Å². The Morgan fingerprint density at radius 1 is 1.58 bits per heavy atom. The number of amides is 1. The van der Waals surface area contributed by atoms with Gasteiger partial charge in [-0.05, 0) is 44.1 Å². The summed E-state index contributed by atoms with van der Waals surface area (Å²) in [4.78, 5) is 13.4. The molecule has 1 atom stereocenters.